The Morgan fingerprint density at radius 1 is 0.963 bits per heavy atom. The number of ether oxygens (including phenoxy) is 1. The van der Waals surface area contributed by atoms with E-state index >= 15 is 0 Å². The van der Waals surface area contributed by atoms with E-state index in [1.807, 2.05) is 46.1 Å². The first kappa shape index (κ1) is 17.8. The minimum atomic E-state index is -0.449. The summed E-state index contributed by atoms with van der Waals surface area (Å²) < 4.78 is 7.24. The van der Waals surface area contributed by atoms with E-state index in [0.717, 1.165) is 31.1 Å². The Balaban J connectivity index is 1.29. The Hall–Kier alpha value is -2.56. The van der Waals surface area contributed by atoms with Crippen molar-refractivity contribution in [3.63, 3.8) is 0 Å². The molecule has 0 bridgehead atoms. The third kappa shape index (κ3) is 4.07. The first-order valence-corrected chi connectivity index (χ1v) is 9.89. The number of piperidine rings is 1. The van der Waals surface area contributed by atoms with Crippen molar-refractivity contribution in [1.82, 2.24) is 9.47 Å². The minimum Gasteiger partial charge on any atom is -0.452 e. The molecule has 27 heavy (non-hydrogen) atoms. The van der Waals surface area contributed by atoms with Crippen molar-refractivity contribution in [3.8, 4) is 5.69 Å². The number of benzene rings is 1. The van der Waals surface area contributed by atoms with Crippen molar-refractivity contribution >= 4 is 11.9 Å². The van der Waals surface area contributed by atoms with Crippen LogP contribution in [0.3, 0.4) is 0 Å². The second kappa shape index (κ2) is 7.99. The molecule has 1 aliphatic carbocycles. The average molecular weight is 366 g/mol. The van der Waals surface area contributed by atoms with Crippen LogP contribution in [-0.2, 0) is 9.53 Å². The molecule has 0 spiro atoms. The lowest BCUT2D eigenvalue weighted by Gasteiger charge is -2.41. The molecule has 2 atom stereocenters. The van der Waals surface area contributed by atoms with E-state index in [-0.39, 0.29) is 12.5 Å². The zero-order valence-corrected chi connectivity index (χ0v) is 15.5. The summed E-state index contributed by atoms with van der Waals surface area (Å²) in [6.45, 7) is 1.45. The fraction of sp³-hybridized carbons (Fsp3) is 0.455. The SMILES string of the molecule is O=C(OCC(=O)N1CC[C@H]2CCCC[C@H]2C1)c1ccc(-n2cccc2)cc1. The van der Waals surface area contributed by atoms with Crippen LogP contribution in [0.4, 0.5) is 0 Å². The van der Waals surface area contributed by atoms with Crippen LogP contribution in [0.15, 0.2) is 48.8 Å². The van der Waals surface area contributed by atoms with Gasteiger partial charge in [0.15, 0.2) is 6.61 Å². The molecule has 2 aliphatic rings. The lowest BCUT2D eigenvalue weighted by Crippen LogP contribution is -2.46. The van der Waals surface area contributed by atoms with Crippen LogP contribution in [0, 0.1) is 11.8 Å². The molecule has 2 heterocycles. The molecule has 1 saturated carbocycles. The van der Waals surface area contributed by atoms with Gasteiger partial charge in [0.05, 0.1) is 5.56 Å². The number of aromatic nitrogens is 1. The second-order valence-corrected chi connectivity index (χ2v) is 7.65. The Bertz CT molecular complexity index is 782. The Labute approximate surface area is 159 Å². The molecule has 0 radical (unpaired) electrons. The van der Waals surface area contributed by atoms with Gasteiger partial charge < -0.3 is 14.2 Å². The maximum Gasteiger partial charge on any atom is 0.338 e. The lowest BCUT2D eigenvalue weighted by atomic mass is 9.75. The van der Waals surface area contributed by atoms with Gasteiger partial charge in [-0.15, -0.1) is 0 Å². The summed E-state index contributed by atoms with van der Waals surface area (Å²) >= 11 is 0. The molecule has 2 fully saturated rings. The monoisotopic (exact) mass is 366 g/mol. The van der Waals surface area contributed by atoms with Gasteiger partial charge in [0.2, 0.25) is 0 Å². The topological polar surface area (TPSA) is 51.5 Å². The van der Waals surface area contributed by atoms with Crippen LogP contribution in [0.2, 0.25) is 0 Å². The Morgan fingerprint density at radius 2 is 1.67 bits per heavy atom. The fourth-order valence-corrected chi connectivity index (χ4v) is 4.41. The number of esters is 1. The van der Waals surface area contributed by atoms with E-state index in [9.17, 15) is 9.59 Å². The quantitative estimate of drug-likeness (QED) is 0.776. The average Bonchev–Trinajstić information content (AvgIpc) is 3.26. The van der Waals surface area contributed by atoms with Crippen molar-refractivity contribution in [2.75, 3.05) is 19.7 Å². The number of amides is 1. The zero-order valence-electron chi connectivity index (χ0n) is 15.5. The fourth-order valence-electron chi connectivity index (χ4n) is 4.41. The van der Waals surface area contributed by atoms with Crippen LogP contribution in [0.5, 0.6) is 0 Å². The van der Waals surface area contributed by atoms with Crippen molar-refractivity contribution in [3.05, 3.63) is 54.4 Å². The Morgan fingerprint density at radius 3 is 2.41 bits per heavy atom. The summed E-state index contributed by atoms with van der Waals surface area (Å²) in [5.74, 6) is 0.892. The van der Waals surface area contributed by atoms with E-state index in [1.165, 1.54) is 25.7 Å². The molecule has 1 aromatic heterocycles. The number of hydrogen-bond acceptors (Lipinski definition) is 3. The van der Waals surface area contributed by atoms with Gasteiger partial charge in [0.25, 0.3) is 5.91 Å². The van der Waals surface area contributed by atoms with Crippen LogP contribution >= 0.6 is 0 Å². The molecular weight excluding hydrogens is 340 g/mol. The number of nitrogens with zero attached hydrogens (tertiary/aromatic N) is 2. The van der Waals surface area contributed by atoms with Gasteiger partial charge in [-0.3, -0.25) is 4.79 Å². The minimum absolute atomic E-state index is 0.0728. The number of likely N-dealkylation sites (tertiary alicyclic amines) is 1. The van der Waals surface area contributed by atoms with Gasteiger partial charge in [-0.1, -0.05) is 19.3 Å². The molecule has 1 saturated heterocycles. The number of fused-ring (bicyclic) bond motifs is 1. The smallest absolute Gasteiger partial charge is 0.338 e. The normalized spacial score (nSPS) is 22.1. The number of rotatable bonds is 4. The van der Waals surface area contributed by atoms with Gasteiger partial charge in [0, 0.05) is 31.2 Å². The first-order chi connectivity index (χ1) is 13.2. The molecular formula is C22H26N2O3. The molecule has 0 N–H and O–H groups in total. The maximum absolute atomic E-state index is 12.5. The summed E-state index contributed by atoms with van der Waals surface area (Å²) in [4.78, 5) is 26.6. The summed E-state index contributed by atoms with van der Waals surface area (Å²) in [6.07, 6.45) is 10.1. The zero-order chi connectivity index (χ0) is 18.6. The second-order valence-electron chi connectivity index (χ2n) is 7.65. The van der Waals surface area contributed by atoms with Crippen molar-refractivity contribution in [2.24, 2.45) is 11.8 Å². The van der Waals surface area contributed by atoms with E-state index in [2.05, 4.69) is 0 Å². The largest absolute Gasteiger partial charge is 0.452 e. The highest BCUT2D eigenvalue weighted by atomic mass is 16.5. The highest BCUT2D eigenvalue weighted by Gasteiger charge is 2.33. The predicted molar refractivity (Wildman–Crippen MR) is 103 cm³/mol. The highest BCUT2D eigenvalue weighted by Crippen LogP contribution is 2.36. The van der Waals surface area contributed by atoms with Crippen molar-refractivity contribution < 1.29 is 14.3 Å². The number of carbonyl (C=O) groups is 2. The van der Waals surface area contributed by atoms with E-state index in [1.54, 1.807) is 12.1 Å². The maximum atomic E-state index is 12.5. The standard InChI is InChI=1S/C22H26N2O3/c25-21(24-14-11-17-5-1-2-6-19(17)15-24)16-27-22(26)18-7-9-20(10-8-18)23-12-3-4-13-23/h3-4,7-10,12-13,17,19H,1-2,5-6,11,14-16H2/t17-,19+/m1/s1. The van der Waals surface area contributed by atoms with Crippen LogP contribution in [-0.4, -0.2) is 41.0 Å². The van der Waals surface area contributed by atoms with Gasteiger partial charge in [-0.05, 0) is 61.1 Å². The van der Waals surface area contributed by atoms with Crippen LogP contribution in [0.1, 0.15) is 42.5 Å². The molecule has 1 aromatic carbocycles. The lowest BCUT2D eigenvalue weighted by molar-refractivity contribution is -0.137. The highest BCUT2D eigenvalue weighted by molar-refractivity contribution is 5.91. The first-order valence-electron chi connectivity index (χ1n) is 9.89. The molecule has 1 aliphatic heterocycles. The number of hydrogen-bond donors (Lipinski definition) is 0. The third-order valence-electron chi connectivity index (χ3n) is 5.98. The van der Waals surface area contributed by atoms with Gasteiger partial charge in [0.1, 0.15) is 0 Å². The summed E-state index contributed by atoms with van der Waals surface area (Å²) in [5.41, 5.74) is 1.44. The molecule has 0 unspecified atom stereocenters. The molecule has 5 nitrogen and oxygen atoms in total. The number of carbonyl (C=O) groups excluding carboxylic acids is 2. The third-order valence-corrected chi connectivity index (χ3v) is 5.98. The summed E-state index contributed by atoms with van der Waals surface area (Å²) in [6, 6.07) is 11.1. The van der Waals surface area contributed by atoms with Gasteiger partial charge in [-0.25, -0.2) is 4.79 Å². The van der Waals surface area contributed by atoms with Gasteiger partial charge >= 0.3 is 5.97 Å². The van der Waals surface area contributed by atoms with E-state index in [4.69, 9.17) is 4.74 Å². The van der Waals surface area contributed by atoms with Crippen molar-refractivity contribution in [1.29, 1.82) is 0 Å². The van der Waals surface area contributed by atoms with E-state index in [0.29, 0.717) is 11.5 Å². The molecule has 2 aromatic rings. The summed E-state index contributed by atoms with van der Waals surface area (Å²) in [5, 5.41) is 0. The molecule has 142 valence electrons. The van der Waals surface area contributed by atoms with Crippen LogP contribution in [0.25, 0.3) is 5.69 Å². The molecule has 1 amide bonds. The van der Waals surface area contributed by atoms with Crippen LogP contribution < -0.4 is 0 Å². The van der Waals surface area contributed by atoms with Gasteiger partial charge in [-0.2, -0.15) is 0 Å². The Kier molecular flexibility index (Phi) is 5.28. The van der Waals surface area contributed by atoms with Crippen molar-refractivity contribution in [2.45, 2.75) is 32.1 Å². The summed E-state index contributed by atoms with van der Waals surface area (Å²) in [7, 11) is 0. The molecule has 4 rings (SSSR count). The van der Waals surface area contributed by atoms with E-state index < -0.39 is 5.97 Å². The predicted octanol–water partition coefficient (Wildman–Crippen LogP) is 3.67. The molecule has 5 heteroatoms.